The predicted molar refractivity (Wildman–Crippen MR) is 74.9 cm³/mol. The summed E-state index contributed by atoms with van der Waals surface area (Å²) in [6.07, 6.45) is 3.03. The highest BCUT2D eigenvalue weighted by atomic mass is 32.1. The Morgan fingerprint density at radius 2 is 2.22 bits per heavy atom. The van der Waals surface area contributed by atoms with Gasteiger partial charge < -0.3 is 9.73 Å². The average molecular weight is 264 g/mol. The van der Waals surface area contributed by atoms with Crippen molar-refractivity contribution in [3.63, 3.8) is 0 Å². The van der Waals surface area contributed by atoms with Crippen molar-refractivity contribution in [2.45, 2.75) is 46.7 Å². The van der Waals surface area contributed by atoms with Gasteiger partial charge in [0.15, 0.2) is 0 Å². The van der Waals surface area contributed by atoms with Crippen LogP contribution in [0, 0.1) is 13.8 Å². The summed E-state index contributed by atoms with van der Waals surface area (Å²) in [4.78, 5) is 5.76. The van der Waals surface area contributed by atoms with Gasteiger partial charge >= 0.3 is 0 Å². The Hall–Kier alpha value is -1.13. The van der Waals surface area contributed by atoms with E-state index in [0.29, 0.717) is 0 Å². The van der Waals surface area contributed by atoms with Crippen molar-refractivity contribution in [1.82, 2.24) is 10.3 Å². The number of hydrogen-bond donors (Lipinski definition) is 1. The Kier molecular flexibility index (Phi) is 4.19. The molecule has 1 atom stereocenters. The molecule has 1 N–H and O–H groups in total. The van der Waals surface area contributed by atoms with Crippen LogP contribution in [-0.4, -0.2) is 4.98 Å². The molecule has 0 spiro atoms. The third-order valence-corrected chi connectivity index (χ3v) is 4.20. The third kappa shape index (κ3) is 3.00. The lowest BCUT2D eigenvalue weighted by molar-refractivity contribution is 0.489. The molecule has 1 unspecified atom stereocenters. The number of nitrogens with zero attached hydrogens (tertiary/aromatic N) is 1. The first kappa shape index (κ1) is 13.3. The maximum absolute atomic E-state index is 5.56. The van der Waals surface area contributed by atoms with E-state index in [1.807, 2.05) is 20.0 Å². The maximum atomic E-state index is 5.56. The van der Waals surface area contributed by atoms with E-state index >= 15 is 0 Å². The molecule has 4 heteroatoms. The van der Waals surface area contributed by atoms with Gasteiger partial charge in [-0.25, -0.2) is 4.98 Å². The highest BCUT2D eigenvalue weighted by molar-refractivity contribution is 7.11. The molecule has 0 bridgehead atoms. The van der Waals surface area contributed by atoms with Crippen LogP contribution in [0.25, 0.3) is 0 Å². The molecule has 98 valence electrons. The summed E-state index contributed by atoms with van der Waals surface area (Å²) in [5, 5.41) is 4.64. The molecular formula is C14H20N2OS. The lowest BCUT2D eigenvalue weighted by atomic mass is 10.1. The first-order valence-corrected chi connectivity index (χ1v) is 7.15. The quantitative estimate of drug-likeness (QED) is 0.893. The molecule has 0 aliphatic heterocycles. The minimum atomic E-state index is 0.288. The fourth-order valence-electron chi connectivity index (χ4n) is 2.02. The van der Waals surface area contributed by atoms with E-state index in [9.17, 15) is 0 Å². The van der Waals surface area contributed by atoms with Crippen LogP contribution in [0.1, 0.15) is 46.9 Å². The fraction of sp³-hybridized carbons (Fsp3) is 0.500. The zero-order valence-electron chi connectivity index (χ0n) is 11.4. The first-order valence-electron chi connectivity index (χ1n) is 6.34. The molecule has 2 aromatic rings. The number of aryl methyl sites for hydroxylation is 3. The molecule has 0 aromatic carbocycles. The van der Waals surface area contributed by atoms with E-state index in [1.54, 1.807) is 11.3 Å². The Labute approximate surface area is 112 Å². The van der Waals surface area contributed by atoms with Crippen molar-refractivity contribution in [3.8, 4) is 0 Å². The van der Waals surface area contributed by atoms with Gasteiger partial charge in [-0.1, -0.05) is 6.92 Å². The summed E-state index contributed by atoms with van der Waals surface area (Å²) in [6.45, 7) is 9.13. The maximum Gasteiger partial charge on any atom is 0.107 e. The van der Waals surface area contributed by atoms with E-state index in [1.165, 1.54) is 10.4 Å². The third-order valence-electron chi connectivity index (χ3n) is 3.06. The van der Waals surface area contributed by atoms with E-state index in [0.717, 1.165) is 29.5 Å². The minimum absolute atomic E-state index is 0.288. The highest BCUT2D eigenvalue weighted by Gasteiger charge is 2.12. The number of nitrogens with one attached hydrogen (secondary N) is 1. The second kappa shape index (κ2) is 5.67. The molecule has 0 fully saturated rings. The SMILES string of the molecule is CCc1cnc(CNC(C)c2cc(C)oc2C)s1. The molecular weight excluding hydrogens is 244 g/mol. The number of furan rings is 1. The van der Waals surface area contributed by atoms with Gasteiger partial charge in [0.05, 0.1) is 0 Å². The van der Waals surface area contributed by atoms with E-state index in [4.69, 9.17) is 4.42 Å². The van der Waals surface area contributed by atoms with Crippen molar-refractivity contribution in [2.24, 2.45) is 0 Å². The van der Waals surface area contributed by atoms with Gasteiger partial charge in [0.1, 0.15) is 16.5 Å². The van der Waals surface area contributed by atoms with Crippen LogP contribution in [-0.2, 0) is 13.0 Å². The molecule has 0 aliphatic carbocycles. The lowest BCUT2D eigenvalue weighted by Crippen LogP contribution is -2.18. The van der Waals surface area contributed by atoms with Gasteiger partial charge in [0, 0.05) is 29.2 Å². The molecule has 2 aromatic heterocycles. The highest BCUT2D eigenvalue weighted by Crippen LogP contribution is 2.22. The Morgan fingerprint density at radius 1 is 1.44 bits per heavy atom. The van der Waals surface area contributed by atoms with E-state index in [-0.39, 0.29) is 6.04 Å². The smallest absolute Gasteiger partial charge is 0.107 e. The summed E-state index contributed by atoms with van der Waals surface area (Å²) in [7, 11) is 0. The predicted octanol–water partition coefficient (Wildman–Crippen LogP) is 3.77. The molecule has 18 heavy (non-hydrogen) atoms. The Balaban J connectivity index is 1.95. The molecule has 2 rings (SSSR count). The molecule has 0 radical (unpaired) electrons. The van der Waals surface area contributed by atoms with Crippen LogP contribution >= 0.6 is 11.3 Å². The van der Waals surface area contributed by atoms with Crippen LogP contribution in [0.3, 0.4) is 0 Å². The van der Waals surface area contributed by atoms with Crippen molar-refractivity contribution >= 4 is 11.3 Å². The minimum Gasteiger partial charge on any atom is -0.466 e. The number of rotatable bonds is 5. The van der Waals surface area contributed by atoms with Crippen LogP contribution in [0.5, 0.6) is 0 Å². The van der Waals surface area contributed by atoms with Gasteiger partial charge in [-0.15, -0.1) is 11.3 Å². The Morgan fingerprint density at radius 3 is 2.78 bits per heavy atom. The summed E-state index contributed by atoms with van der Waals surface area (Å²) >= 11 is 1.78. The normalized spacial score (nSPS) is 12.9. The lowest BCUT2D eigenvalue weighted by Gasteiger charge is -2.11. The van der Waals surface area contributed by atoms with E-state index in [2.05, 4.69) is 30.2 Å². The first-order chi connectivity index (χ1) is 8.60. The summed E-state index contributed by atoms with van der Waals surface area (Å²) < 4.78 is 5.56. The molecule has 0 aliphatic rings. The second-order valence-corrected chi connectivity index (χ2v) is 5.74. The van der Waals surface area contributed by atoms with Gasteiger partial charge in [0.2, 0.25) is 0 Å². The number of hydrogen-bond acceptors (Lipinski definition) is 4. The average Bonchev–Trinajstić information content (AvgIpc) is 2.92. The second-order valence-electron chi connectivity index (χ2n) is 4.55. The molecule has 3 nitrogen and oxygen atoms in total. The molecule has 0 amide bonds. The number of aromatic nitrogens is 1. The van der Waals surface area contributed by atoms with Crippen molar-refractivity contribution < 1.29 is 4.42 Å². The molecule has 2 heterocycles. The van der Waals surface area contributed by atoms with Crippen LogP contribution in [0.4, 0.5) is 0 Å². The van der Waals surface area contributed by atoms with E-state index < -0.39 is 0 Å². The van der Waals surface area contributed by atoms with Gasteiger partial charge in [-0.2, -0.15) is 0 Å². The van der Waals surface area contributed by atoms with Crippen molar-refractivity contribution in [1.29, 1.82) is 0 Å². The van der Waals surface area contributed by atoms with Crippen LogP contribution in [0.2, 0.25) is 0 Å². The van der Waals surface area contributed by atoms with Gasteiger partial charge in [-0.05, 0) is 33.3 Å². The number of thiazole rings is 1. The van der Waals surface area contributed by atoms with Gasteiger partial charge in [0.25, 0.3) is 0 Å². The topological polar surface area (TPSA) is 38.1 Å². The van der Waals surface area contributed by atoms with Crippen LogP contribution in [0.15, 0.2) is 16.7 Å². The summed E-state index contributed by atoms with van der Waals surface area (Å²) in [6, 6.07) is 2.39. The van der Waals surface area contributed by atoms with Gasteiger partial charge in [-0.3, -0.25) is 0 Å². The zero-order chi connectivity index (χ0) is 13.1. The standard InChI is InChI=1S/C14H20N2OS/c1-5-12-7-16-14(18-12)8-15-10(3)13-6-9(2)17-11(13)4/h6-7,10,15H,5,8H2,1-4H3. The monoisotopic (exact) mass is 264 g/mol. The van der Waals surface area contributed by atoms with Crippen molar-refractivity contribution in [3.05, 3.63) is 39.2 Å². The largest absolute Gasteiger partial charge is 0.466 e. The Bertz CT molecular complexity index is 516. The summed E-state index contributed by atoms with van der Waals surface area (Å²) in [5.74, 6) is 1.97. The zero-order valence-corrected chi connectivity index (χ0v) is 12.2. The van der Waals surface area contributed by atoms with Crippen molar-refractivity contribution in [2.75, 3.05) is 0 Å². The molecule has 0 saturated heterocycles. The van der Waals surface area contributed by atoms with Crippen LogP contribution < -0.4 is 5.32 Å². The summed E-state index contributed by atoms with van der Waals surface area (Å²) in [5.41, 5.74) is 1.24. The fourth-order valence-corrected chi connectivity index (χ4v) is 2.84. The molecule has 0 saturated carbocycles.